The van der Waals surface area contributed by atoms with E-state index in [1.165, 1.54) is 18.1 Å². The predicted octanol–water partition coefficient (Wildman–Crippen LogP) is 2.20. The lowest BCUT2D eigenvalue weighted by atomic mass is 10.2. The van der Waals surface area contributed by atoms with Gasteiger partial charge in [0.05, 0.1) is 17.0 Å². The fourth-order valence-electron chi connectivity index (χ4n) is 3.41. The van der Waals surface area contributed by atoms with E-state index < -0.39 is 4.92 Å². The molecule has 2 aromatic heterocycles. The molecule has 4 rings (SSSR count). The average Bonchev–Trinajstić information content (AvgIpc) is 2.74. The number of piperazine rings is 1. The zero-order valence-electron chi connectivity index (χ0n) is 15.6. The lowest BCUT2D eigenvalue weighted by molar-refractivity contribution is -0.387. The Bertz CT molecular complexity index is 1020. The number of anilines is 1. The molecule has 0 aliphatic carbocycles. The number of aromatic nitrogens is 3. The number of fused-ring (bicyclic) bond motifs is 1. The van der Waals surface area contributed by atoms with Crippen LogP contribution in [0.1, 0.15) is 0 Å². The van der Waals surface area contributed by atoms with Gasteiger partial charge in [0, 0.05) is 49.2 Å². The van der Waals surface area contributed by atoms with Gasteiger partial charge in [-0.05, 0) is 12.1 Å². The Hall–Kier alpha value is -2.82. The monoisotopic (exact) mass is 412 g/mol. The third-order valence-electron chi connectivity index (χ3n) is 4.84. The molecule has 3 aromatic rings. The number of para-hydroxylation sites is 1. The minimum Gasteiger partial charge on any atom is -0.395 e. The van der Waals surface area contributed by atoms with Crippen molar-refractivity contribution in [1.29, 1.82) is 0 Å². The van der Waals surface area contributed by atoms with E-state index in [9.17, 15) is 10.1 Å². The molecule has 1 aliphatic rings. The molecule has 1 aliphatic heterocycles. The first-order valence-electron chi connectivity index (χ1n) is 9.26. The fraction of sp³-hybridized carbons (Fsp3) is 0.316. The number of nitrogens with zero attached hydrogens (tertiary/aromatic N) is 6. The lowest BCUT2D eigenvalue weighted by Crippen LogP contribution is -2.47. The van der Waals surface area contributed by atoms with E-state index in [-0.39, 0.29) is 12.3 Å². The van der Waals surface area contributed by atoms with E-state index in [0.29, 0.717) is 30.5 Å². The maximum Gasteiger partial charge on any atom is 0.343 e. The van der Waals surface area contributed by atoms with Crippen molar-refractivity contribution in [3.8, 4) is 0 Å². The number of nitro groups is 1. The van der Waals surface area contributed by atoms with Gasteiger partial charge in [-0.3, -0.25) is 20.0 Å². The van der Waals surface area contributed by atoms with Crippen LogP contribution in [-0.4, -0.2) is 69.2 Å². The Morgan fingerprint density at radius 1 is 1.10 bits per heavy atom. The number of β-amino-alcohol motifs (C(OH)–C–C–N with tert-alkyl or cyclic N) is 1. The van der Waals surface area contributed by atoms with E-state index in [2.05, 4.69) is 19.9 Å². The van der Waals surface area contributed by atoms with Gasteiger partial charge >= 0.3 is 5.69 Å². The van der Waals surface area contributed by atoms with Gasteiger partial charge in [0.15, 0.2) is 5.03 Å². The number of hydrogen-bond acceptors (Lipinski definition) is 9. The Labute approximate surface area is 171 Å². The molecule has 1 fully saturated rings. The van der Waals surface area contributed by atoms with Crippen molar-refractivity contribution in [2.75, 3.05) is 44.2 Å². The van der Waals surface area contributed by atoms with Crippen LogP contribution in [-0.2, 0) is 0 Å². The highest BCUT2D eigenvalue weighted by Crippen LogP contribution is 2.40. The Morgan fingerprint density at radius 3 is 2.66 bits per heavy atom. The molecule has 0 spiro atoms. The quantitative estimate of drug-likeness (QED) is 0.370. The summed E-state index contributed by atoms with van der Waals surface area (Å²) in [7, 11) is 0. The summed E-state index contributed by atoms with van der Waals surface area (Å²) >= 11 is 1.23. The van der Waals surface area contributed by atoms with Crippen molar-refractivity contribution in [3.05, 3.63) is 53.0 Å². The molecule has 150 valence electrons. The van der Waals surface area contributed by atoms with Crippen molar-refractivity contribution >= 4 is 34.2 Å². The Balaban J connectivity index is 1.66. The van der Waals surface area contributed by atoms with Crippen molar-refractivity contribution in [3.63, 3.8) is 0 Å². The number of hydrogen-bond donors (Lipinski definition) is 1. The van der Waals surface area contributed by atoms with Crippen molar-refractivity contribution in [2.24, 2.45) is 0 Å². The second-order valence-corrected chi connectivity index (χ2v) is 7.62. The minimum absolute atomic E-state index is 0.0824. The number of aliphatic hydroxyl groups is 1. The van der Waals surface area contributed by atoms with Gasteiger partial charge in [0.25, 0.3) is 0 Å². The van der Waals surface area contributed by atoms with Gasteiger partial charge in [0.2, 0.25) is 5.82 Å². The second kappa shape index (κ2) is 8.68. The van der Waals surface area contributed by atoms with E-state index >= 15 is 0 Å². The summed E-state index contributed by atoms with van der Waals surface area (Å²) < 4.78 is 0. The van der Waals surface area contributed by atoms with Crippen LogP contribution in [0.4, 0.5) is 11.5 Å². The maximum atomic E-state index is 11.9. The summed E-state index contributed by atoms with van der Waals surface area (Å²) in [5.41, 5.74) is 0.702. The first-order valence-corrected chi connectivity index (χ1v) is 10.1. The summed E-state index contributed by atoms with van der Waals surface area (Å²) in [6.45, 7) is 3.37. The molecule has 0 unspecified atom stereocenters. The highest BCUT2D eigenvalue weighted by molar-refractivity contribution is 7.99. The number of benzene rings is 1. The molecule has 0 bridgehead atoms. The smallest absolute Gasteiger partial charge is 0.343 e. The molecule has 1 saturated heterocycles. The third-order valence-corrected chi connectivity index (χ3v) is 5.88. The van der Waals surface area contributed by atoms with Gasteiger partial charge < -0.3 is 10.0 Å². The van der Waals surface area contributed by atoms with Crippen LogP contribution >= 0.6 is 11.8 Å². The normalized spacial score (nSPS) is 15.0. The molecular formula is C19H20N6O3S. The summed E-state index contributed by atoms with van der Waals surface area (Å²) in [5, 5.41) is 22.3. The number of rotatable bonds is 6. The minimum atomic E-state index is -0.406. The molecule has 0 atom stereocenters. The van der Waals surface area contributed by atoms with Crippen molar-refractivity contribution in [2.45, 2.75) is 9.92 Å². The van der Waals surface area contributed by atoms with Crippen LogP contribution in [0, 0.1) is 10.1 Å². The molecule has 1 N–H and O–H groups in total. The van der Waals surface area contributed by atoms with Crippen LogP contribution < -0.4 is 4.90 Å². The standard InChI is InChI=1S/C19H20N6O3S/c26-12-11-23-7-9-24(10-8-23)18-17(25(27)28)19(22-13-21-18)29-15-5-1-3-14-4-2-6-20-16(14)15/h1-6,13,26H,7-12H2. The summed E-state index contributed by atoms with van der Waals surface area (Å²) in [5.74, 6) is 0.337. The Morgan fingerprint density at radius 2 is 1.90 bits per heavy atom. The fourth-order valence-corrected chi connectivity index (χ4v) is 4.39. The summed E-state index contributed by atoms with van der Waals surface area (Å²) in [6.07, 6.45) is 3.08. The first-order chi connectivity index (χ1) is 14.2. The van der Waals surface area contributed by atoms with Crippen LogP contribution in [0.15, 0.2) is 52.8 Å². The first kappa shape index (κ1) is 19.5. The molecule has 1 aromatic carbocycles. The molecule has 29 heavy (non-hydrogen) atoms. The lowest BCUT2D eigenvalue weighted by Gasteiger charge is -2.34. The third kappa shape index (κ3) is 4.14. The second-order valence-electron chi connectivity index (χ2n) is 6.59. The number of aliphatic hydroxyl groups excluding tert-OH is 1. The zero-order chi connectivity index (χ0) is 20.2. The average molecular weight is 412 g/mol. The highest BCUT2D eigenvalue weighted by atomic mass is 32.2. The van der Waals surface area contributed by atoms with Crippen molar-refractivity contribution < 1.29 is 10.0 Å². The van der Waals surface area contributed by atoms with Gasteiger partial charge in [-0.1, -0.05) is 30.0 Å². The van der Waals surface area contributed by atoms with Gasteiger partial charge in [-0.15, -0.1) is 0 Å². The summed E-state index contributed by atoms with van der Waals surface area (Å²) in [4.78, 5) is 29.2. The maximum absolute atomic E-state index is 11.9. The van der Waals surface area contributed by atoms with E-state index in [4.69, 9.17) is 5.11 Å². The highest BCUT2D eigenvalue weighted by Gasteiger charge is 2.29. The van der Waals surface area contributed by atoms with Crippen LogP contribution in [0.25, 0.3) is 10.9 Å². The molecule has 3 heterocycles. The van der Waals surface area contributed by atoms with E-state index in [1.807, 2.05) is 35.2 Å². The van der Waals surface area contributed by atoms with Gasteiger partial charge in [-0.25, -0.2) is 9.97 Å². The van der Waals surface area contributed by atoms with Crippen LogP contribution in [0.5, 0.6) is 0 Å². The molecule has 0 saturated carbocycles. The molecule has 9 nitrogen and oxygen atoms in total. The van der Waals surface area contributed by atoms with Crippen molar-refractivity contribution in [1.82, 2.24) is 19.9 Å². The zero-order valence-corrected chi connectivity index (χ0v) is 16.5. The largest absolute Gasteiger partial charge is 0.395 e. The van der Waals surface area contributed by atoms with Gasteiger partial charge in [-0.2, -0.15) is 0 Å². The SMILES string of the molecule is O=[N+]([O-])c1c(Sc2cccc3cccnc23)ncnc1N1CCN(CCO)CC1. The summed E-state index contributed by atoms with van der Waals surface area (Å²) in [6, 6.07) is 9.56. The van der Waals surface area contributed by atoms with Gasteiger partial charge in [0.1, 0.15) is 6.33 Å². The molecule has 0 amide bonds. The molecule has 10 heteroatoms. The predicted molar refractivity (Wildman–Crippen MR) is 110 cm³/mol. The molecular weight excluding hydrogens is 392 g/mol. The van der Waals surface area contributed by atoms with E-state index in [0.717, 1.165) is 28.9 Å². The van der Waals surface area contributed by atoms with E-state index in [1.54, 1.807) is 6.20 Å². The Kier molecular flexibility index (Phi) is 5.84. The topological polar surface area (TPSA) is 109 Å². The van der Waals surface area contributed by atoms with Crippen LogP contribution in [0.3, 0.4) is 0 Å². The van der Waals surface area contributed by atoms with Crippen LogP contribution in [0.2, 0.25) is 0 Å². The molecule has 0 radical (unpaired) electrons. The number of pyridine rings is 1.